The number of carbonyl (C=O) groups is 2. The number of fused-ring (bicyclic) bond motifs is 1. The number of hydrogen-bond donors (Lipinski definition) is 1. The van der Waals surface area contributed by atoms with Crippen molar-refractivity contribution in [3.05, 3.63) is 89.0 Å². The molecule has 0 unspecified atom stereocenters. The van der Waals surface area contributed by atoms with E-state index in [1.54, 1.807) is 24.3 Å². The van der Waals surface area contributed by atoms with Crippen LogP contribution in [-0.4, -0.2) is 23.3 Å². The summed E-state index contributed by atoms with van der Waals surface area (Å²) >= 11 is 0. The molecule has 35 heavy (non-hydrogen) atoms. The molecule has 2 amide bonds. The molecule has 7 heteroatoms. The van der Waals surface area contributed by atoms with Crippen molar-refractivity contribution in [1.29, 1.82) is 0 Å². The number of nitrogens with zero attached hydrogens (tertiary/aromatic N) is 1. The van der Waals surface area contributed by atoms with Gasteiger partial charge in [-0.1, -0.05) is 42.8 Å². The highest BCUT2D eigenvalue weighted by molar-refractivity contribution is 6.08. The van der Waals surface area contributed by atoms with Crippen LogP contribution in [0, 0.1) is 5.92 Å². The average Bonchev–Trinajstić information content (AvgIpc) is 2.82. The van der Waals surface area contributed by atoms with Gasteiger partial charge in [-0.15, -0.1) is 0 Å². The Morgan fingerprint density at radius 1 is 0.914 bits per heavy atom. The third kappa shape index (κ3) is 4.81. The van der Waals surface area contributed by atoms with Gasteiger partial charge in [0.05, 0.1) is 5.56 Å². The maximum Gasteiger partial charge on any atom is 0.416 e. The molecule has 0 spiro atoms. The number of carbonyl (C=O) groups excluding carboxylic acids is 2. The Hall–Kier alpha value is -3.61. The summed E-state index contributed by atoms with van der Waals surface area (Å²) in [7, 11) is 0. The van der Waals surface area contributed by atoms with Crippen LogP contribution in [0.25, 0.3) is 11.1 Å². The van der Waals surface area contributed by atoms with E-state index >= 15 is 0 Å². The van der Waals surface area contributed by atoms with E-state index < -0.39 is 11.7 Å². The minimum absolute atomic E-state index is 0.180. The first-order chi connectivity index (χ1) is 16.8. The van der Waals surface area contributed by atoms with Crippen LogP contribution in [0.5, 0.6) is 0 Å². The molecule has 0 saturated heterocycles. The van der Waals surface area contributed by atoms with Gasteiger partial charge in [-0.2, -0.15) is 13.2 Å². The number of amides is 2. The number of benzene rings is 3. The molecule has 0 radical (unpaired) electrons. The van der Waals surface area contributed by atoms with E-state index in [9.17, 15) is 22.8 Å². The molecule has 1 saturated carbocycles. The Morgan fingerprint density at radius 3 is 2.34 bits per heavy atom. The summed E-state index contributed by atoms with van der Waals surface area (Å²) < 4.78 is 38.8. The largest absolute Gasteiger partial charge is 0.416 e. The summed E-state index contributed by atoms with van der Waals surface area (Å²) in [6.45, 7) is 1.27. The zero-order chi connectivity index (χ0) is 24.6. The highest BCUT2D eigenvalue weighted by Gasteiger charge is 2.31. The summed E-state index contributed by atoms with van der Waals surface area (Å²) in [6.07, 6.45) is -0.572. The third-order valence-corrected chi connectivity index (χ3v) is 6.94. The van der Waals surface area contributed by atoms with E-state index in [1.165, 1.54) is 12.1 Å². The van der Waals surface area contributed by atoms with Crippen molar-refractivity contribution in [3.8, 4) is 11.1 Å². The second kappa shape index (κ2) is 9.21. The fraction of sp³-hybridized carbons (Fsp3) is 0.286. The first kappa shape index (κ1) is 23.1. The fourth-order valence-corrected chi connectivity index (χ4v) is 4.70. The van der Waals surface area contributed by atoms with Crippen LogP contribution in [0.4, 0.5) is 18.9 Å². The van der Waals surface area contributed by atoms with Crippen LogP contribution in [0.3, 0.4) is 0 Å². The maximum absolute atomic E-state index is 13.1. The number of anilines is 1. The lowest BCUT2D eigenvalue weighted by Gasteiger charge is -2.35. The molecular formula is C28H25F3N2O2. The monoisotopic (exact) mass is 478 g/mol. The summed E-state index contributed by atoms with van der Waals surface area (Å²) in [5.74, 6) is 0.0945. The minimum atomic E-state index is -4.41. The van der Waals surface area contributed by atoms with Gasteiger partial charge in [0.2, 0.25) is 5.91 Å². The topological polar surface area (TPSA) is 49.4 Å². The second-order valence-electron chi connectivity index (χ2n) is 9.20. The number of hydrogen-bond acceptors (Lipinski definition) is 2. The van der Waals surface area contributed by atoms with E-state index in [1.807, 2.05) is 23.1 Å². The standard InChI is InChI=1S/C28H25F3N2O2/c29-28(30,31)22-11-8-18(9-12-22)24-6-1-2-7-25(24)26(34)32-23-13-10-21-17-33(15-14-20(21)16-23)27(35)19-4-3-5-19/h1-2,6-13,16,19H,3-5,14-15,17H2,(H,32,34). The Morgan fingerprint density at radius 2 is 1.66 bits per heavy atom. The van der Waals surface area contributed by atoms with Crippen LogP contribution < -0.4 is 5.32 Å². The van der Waals surface area contributed by atoms with Crippen LogP contribution >= 0.6 is 0 Å². The Bertz CT molecular complexity index is 1260. The van der Waals surface area contributed by atoms with Gasteiger partial charge >= 0.3 is 6.18 Å². The molecule has 3 aromatic carbocycles. The highest BCUT2D eigenvalue weighted by atomic mass is 19.4. The predicted molar refractivity (Wildman–Crippen MR) is 128 cm³/mol. The predicted octanol–water partition coefficient (Wildman–Crippen LogP) is 6.31. The Balaban J connectivity index is 1.32. The molecule has 1 N–H and O–H groups in total. The van der Waals surface area contributed by atoms with Crippen molar-refractivity contribution in [1.82, 2.24) is 4.90 Å². The number of rotatable bonds is 4. The smallest absolute Gasteiger partial charge is 0.338 e. The molecular weight excluding hydrogens is 453 g/mol. The Kier molecular flexibility index (Phi) is 6.09. The van der Waals surface area contributed by atoms with E-state index in [2.05, 4.69) is 5.32 Å². The van der Waals surface area contributed by atoms with Crippen LogP contribution in [-0.2, 0) is 23.9 Å². The zero-order valence-corrected chi connectivity index (χ0v) is 19.1. The zero-order valence-electron chi connectivity index (χ0n) is 19.1. The molecule has 1 aliphatic heterocycles. The van der Waals surface area contributed by atoms with Crippen molar-refractivity contribution >= 4 is 17.5 Å². The second-order valence-corrected chi connectivity index (χ2v) is 9.20. The average molecular weight is 479 g/mol. The van der Waals surface area contributed by atoms with E-state index in [0.717, 1.165) is 48.9 Å². The molecule has 3 aromatic rings. The SMILES string of the molecule is O=C(Nc1ccc2c(c1)CCN(C(=O)C1CCC1)C2)c1ccccc1-c1ccc(C(F)(F)F)cc1. The molecule has 180 valence electrons. The number of nitrogens with one attached hydrogen (secondary N) is 1. The first-order valence-electron chi connectivity index (χ1n) is 11.8. The van der Waals surface area contributed by atoms with Gasteiger partial charge in [0.15, 0.2) is 0 Å². The van der Waals surface area contributed by atoms with Crippen molar-refractivity contribution in [3.63, 3.8) is 0 Å². The number of alkyl halides is 3. The van der Waals surface area contributed by atoms with Gasteiger partial charge < -0.3 is 10.2 Å². The highest BCUT2D eigenvalue weighted by Crippen LogP contribution is 2.33. The minimum Gasteiger partial charge on any atom is -0.338 e. The van der Waals surface area contributed by atoms with Crippen molar-refractivity contribution < 1.29 is 22.8 Å². The summed E-state index contributed by atoms with van der Waals surface area (Å²) in [5.41, 5.74) is 3.58. The summed E-state index contributed by atoms with van der Waals surface area (Å²) in [4.78, 5) is 27.6. The molecule has 2 aliphatic rings. The summed E-state index contributed by atoms with van der Waals surface area (Å²) in [5, 5.41) is 2.93. The third-order valence-electron chi connectivity index (χ3n) is 6.94. The molecule has 0 aromatic heterocycles. The van der Waals surface area contributed by atoms with Crippen molar-refractivity contribution in [2.75, 3.05) is 11.9 Å². The van der Waals surface area contributed by atoms with Gasteiger partial charge in [-0.3, -0.25) is 9.59 Å². The molecule has 1 fully saturated rings. The van der Waals surface area contributed by atoms with Gasteiger partial charge in [0, 0.05) is 30.3 Å². The fourth-order valence-electron chi connectivity index (χ4n) is 4.70. The maximum atomic E-state index is 13.1. The lowest BCUT2D eigenvalue weighted by molar-refractivity contribution is -0.139. The van der Waals surface area contributed by atoms with Gasteiger partial charge in [-0.25, -0.2) is 0 Å². The molecule has 4 nitrogen and oxygen atoms in total. The van der Waals surface area contributed by atoms with Crippen molar-refractivity contribution in [2.24, 2.45) is 5.92 Å². The summed E-state index contributed by atoms with van der Waals surface area (Å²) in [6, 6.07) is 17.4. The quantitative estimate of drug-likeness (QED) is 0.478. The molecule has 0 bridgehead atoms. The molecule has 5 rings (SSSR count). The lowest BCUT2D eigenvalue weighted by Crippen LogP contribution is -2.41. The van der Waals surface area contributed by atoms with Gasteiger partial charge in [-0.05, 0) is 71.8 Å². The van der Waals surface area contributed by atoms with E-state index in [4.69, 9.17) is 0 Å². The van der Waals surface area contributed by atoms with Crippen LogP contribution in [0.1, 0.15) is 46.3 Å². The number of halogens is 3. The van der Waals surface area contributed by atoms with E-state index in [-0.39, 0.29) is 17.7 Å². The molecule has 1 aliphatic carbocycles. The van der Waals surface area contributed by atoms with E-state index in [0.29, 0.717) is 35.5 Å². The normalized spacial score (nSPS) is 15.8. The van der Waals surface area contributed by atoms with Crippen molar-refractivity contribution in [2.45, 2.75) is 38.4 Å². The van der Waals surface area contributed by atoms with Gasteiger partial charge in [0.1, 0.15) is 0 Å². The lowest BCUT2D eigenvalue weighted by atomic mass is 9.83. The van der Waals surface area contributed by atoms with Gasteiger partial charge in [0.25, 0.3) is 5.91 Å². The first-order valence-corrected chi connectivity index (χ1v) is 11.8. The van der Waals surface area contributed by atoms with Crippen LogP contribution in [0.2, 0.25) is 0 Å². The van der Waals surface area contributed by atoms with Crippen LogP contribution in [0.15, 0.2) is 66.7 Å². The molecule has 1 heterocycles. The Labute approximate surface area is 201 Å². The molecule has 0 atom stereocenters.